The molecule has 0 aliphatic rings. The Morgan fingerprint density at radius 2 is 1.63 bits per heavy atom. The predicted molar refractivity (Wildman–Crippen MR) is 173 cm³/mol. The van der Waals surface area contributed by atoms with Crippen molar-refractivity contribution in [3.05, 3.63) is 112 Å². The molecule has 1 aromatic heterocycles. The van der Waals surface area contributed by atoms with Crippen molar-refractivity contribution in [2.45, 2.75) is 17.9 Å². The van der Waals surface area contributed by atoms with Gasteiger partial charge in [0, 0.05) is 22.3 Å². The van der Waals surface area contributed by atoms with Crippen LogP contribution in [0.5, 0.6) is 5.75 Å². The molecule has 1 heterocycles. The molecule has 240 valence electrons. The minimum absolute atomic E-state index is 0.0132. The molecule has 12 nitrogen and oxygen atoms in total. The average Bonchev–Trinajstić information content (AvgIpc) is 3.49. The monoisotopic (exact) mass is 685 g/mol. The third-order valence-corrected chi connectivity index (χ3v) is 8.62. The van der Waals surface area contributed by atoms with Crippen molar-refractivity contribution in [3.63, 3.8) is 0 Å². The van der Waals surface area contributed by atoms with E-state index in [0.29, 0.717) is 28.0 Å². The fourth-order valence-electron chi connectivity index (χ4n) is 4.06. The number of hydrogen-bond acceptors (Lipinski definition) is 8. The minimum Gasteiger partial charge on any atom is -0.497 e. The molecule has 0 fully saturated rings. The summed E-state index contributed by atoms with van der Waals surface area (Å²) in [6.07, 6.45) is 1.60. The number of benzene rings is 3. The van der Waals surface area contributed by atoms with Crippen LogP contribution in [0.2, 0.25) is 10.0 Å². The Morgan fingerprint density at radius 1 is 0.935 bits per heavy atom. The molecule has 0 saturated heterocycles. The first-order chi connectivity index (χ1) is 22.0. The lowest BCUT2D eigenvalue weighted by molar-refractivity contribution is -0.136. The highest BCUT2D eigenvalue weighted by molar-refractivity contribution is 7.89. The van der Waals surface area contributed by atoms with Crippen LogP contribution in [0, 0.1) is 0 Å². The number of anilines is 1. The van der Waals surface area contributed by atoms with Gasteiger partial charge in [-0.2, -0.15) is 9.41 Å². The Hall–Kier alpha value is -4.69. The molecular formula is C31H29Cl2N5O7S. The van der Waals surface area contributed by atoms with E-state index in [-0.39, 0.29) is 29.4 Å². The fraction of sp³-hybridized carbons (Fsp3) is 0.161. The second-order valence-electron chi connectivity index (χ2n) is 9.64. The third-order valence-electron chi connectivity index (χ3n) is 6.32. The number of methoxy groups -OCH3 is 1. The van der Waals surface area contributed by atoms with E-state index in [0.717, 1.165) is 9.87 Å². The summed E-state index contributed by atoms with van der Waals surface area (Å²) in [5.41, 5.74) is 3.48. The molecule has 0 aliphatic heterocycles. The van der Waals surface area contributed by atoms with Crippen molar-refractivity contribution in [3.8, 4) is 5.75 Å². The molecule has 0 spiro atoms. The number of furan rings is 1. The Labute approximate surface area is 275 Å². The zero-order valence-electron chi connectivity index (χ0n) is 24.4. The first kappa shape index (κ1) is 34.2. The summed E-state index contributed by atoms with van der Waals surface area (Å²) < 4.78 is 38.6. The van der Waals surface area contributed by atoms with Crippen molar-refractivity contribution >= 4 is 62.8 Å². The van der Waals surface area contributed by atoms with Crippen LogP contribution >= 0.6 is 23.2 Å². The maximum absolute atomic E-state index is 13.4. The quantitative estimate of drug-likeness (QED) is 0.108. The van der Waals surface area contributed by atoms with Crippen molar-refractivity contribution in [2.24, 2.45) is 5.10 Å². The van der Waals surface area contributed by atoms with Gasteiger partial charge in [0.25, 0.3) is 5.91 Å². The second kappa shape index (κ2) is 16.0. The minimum atomic E-state index is -4.03. The smallest absolute Gasteiger partial charge is 0.313 e. The number of hydrogen-bond donors (Lipinski definition) is 3. The highest BCUT2D eigenvalue weighted by Crippen LogP contribution is 2.23. The van der Waals surface area contributed by atoms with E-state index in [1.54, 1.807) is 6.07 Å². The van der Waals surface area contributed by atoms with Gasteiger partial charge in [0.1, 0.15) is 17.3 Å². The van der Waals surface area contributed by atoms with Gasteiger partial charge < -0.3 is 19.8 Å². The lowest BCUT2D eigenvalue weighted by Gasteiger charge is -2.21. The number of ether oxygens (including phenoxy) is 1. The van der Waals surface area contributed by atoms with E-state index in [4.69, 9.17) is 32.4 Å². The van der Waals surface area contributed by atoms with Gasteiger partial charge in [-0.05, 0) is 66.6 Å². The molecule has 4 rings (SSSR count). The number of carbonyl (C=O) groups is 3. The van der Waals surface area contributed by atoms with Gasteiger partial charge in [-0.1, -0.05) is 53.5 Å². The van der Waals surface area contributed by atoms with Crippen molar-refractivity contribution < 1.29 is 32.0 Å². The molecule has 3 aromatic carbocycles. The largest absolute Gasteiger partial charge is 0.497 e. The number of nitrogens with one attached hydrogen (secondary N) is 3. The summed E-state index contributed by atoms with van der Waals surface area (Å²) in [6, 6.07) is 22.6. The average molecular weight is 687 g/mol. The van der Waals surface area contributed by atoms with Gasteiger partial charge in [0.05, 0.1) is 31.3 Å². The highest BCUT2D eigenvalue weighted by Gasteiger charge is 2.26. The van der Waals surface area contributed by atoms with Crippen molar-refractivity contribution in [1.82, 2.24) is 15.0 Å². The fourth-order valence-corrected chi connectivity index (χ4v) is 5.99. The van der Waals surface area contributed by atoms with E-state index < -0.39 is 34.3 Å². The summed E-state index contributed by atoms with van der Waals surface area (Å²) in [5, 5.41) is 9.27. The second-order valence-corrected chi connectivity index (χ2v) is 12.5. The van der Waals surface area contributed by atoms with E-state index in [1.807, 2.05) is 30.3 Å². The standard InChI is InChI=1S/C31H29Cl2N5O7S/c1-44-25-9-11-28(12-10-25)46(42,43)38(14-13-21-5-3-2-4-6-21)20-29(39)37-35-19-27-8-7-26(45-27)18-34-30(40)31(41)36-24-16-22(32)15-23(33)17-24/h2-12,15-17,19H,13-14,18,20H2,1H3,(H,34,40)(H,36,41)(H,37,39)/b35-19-. The summed E-state index contributed by atoms with van der Waals surface area (Å²) in [4.78, 5) is 37.1. The zero-order valence-corrected chi connectivity index (χ0v) is 26.7. The molecule has 46 heavy (non-hydrogen) atoms. The summed E-state index contributed by atoms with van der Waals surface area (Å²) in [6.45, 7) is -0.548. The molecule has 0 aliphatic carbocycles. The first-order valence-corrected chi connectivity index (χ1v) is 15.9. The molecule has 0 saturated carbocycles. The number of nitrogens with zero attached hydrogens (tertiary/aromatic N) is 2. The molecule has 4 aromatic rings. The van der Waals surface area contributed by atoms with Crippen LogP contribution in [0.3, 0.4) is 0 Å². The maximum atomic E-state index is 13.4. The molecule has 15 heteroatoms. The molecule has 0 atom stereocenters. The first-order valence-electron chi connectivity index (χ1n) is 13.7. The van der Waals surface area contributed by atoms with E-state index >= 15 is 0 Å². The van der Waals surface area contributed by atoms with Crippen LogP contribution in [0.15, 0.2) is 99.3 Å². The highest BCUT2D eigenvalue weighted by atomic mass is 35.5. The number of sulfonamides is 1. The Balaban J connectivity index is 1.32. The van der Waals surface area contributed by atoms with Crippen LogP contribution in [0.1, 0.15) is 17.1 Å². The van der Waals surface area contributed by atoms with Crippen molar-refractivity contribution in [1.29, 1.82) is 0 Å². The van der Waals surface area contributed by atoms with Gasteiger partial charge in [-0.15, -0.1) is 0 Å². The lowest BCUT2D eigenvalue weighted by Crippen LogP contribution is -2.40. The molecule has 0 bridgehead atoms. The topological polar surface area (TPSA) is 159 Å². The number of carbonyl (C=O) groups excluding carboxylic acids is 3. The molecule has 3 N–H and O–H groups in total. The van der Waals surface area contributed by atoms with Gasteiger partial charge in [0.2, 0.25) is 10.0 Å². The van der Waals surface area contributed by atoms with Crippen LogP contribution < -0.4 is 20.8 Å². The summed E-state index contributed by atoms with van der Waals surface area (Å²) in [7, 11) is -2.56. The number of hydrazone groups is 1. The number of halogens is 2. The molecule has 3 amide bonds. The Kier molecular flexibility index (Phi) is 11.9. The third kappa shape index (κ3) is 9.91. The number of amides is 3. The Bertz CT molecular complexity index is 1790. The number of rotatable bonds is 13. The summed E-state index contributed by atoms with van der Waals surface area (Å²) >= 11 is 11.8. The lowest BCUT2D eigenvalue weighted by atomic mass is 10.1. The summed E-state index contributed by atoms with van der Waals surface area (Å²) in [5.74, 6) is -1.49. The van der Waals surface area contributed by atoms with Gasteiger partial charge >= 0.3 is 11.8 Å². The zero-order chi connectivity index (χ0) is 33.1. The van der Waals surface area contributed by atoms with Crippen LogP contribution in [-0.2, 0) is 37.4 Å². The molecule has 0 unspecified atom stereocenters. The van der Waals surface area contributed by atoms with Crippen LogP contribution in [0.4, 0.5) is 5.69 Å². The molecule has 0 radical (unpaired) electrons. The van der Waals surface area contributed by atoms with Crippen molar-refractivity contribution in [2.75, 3.05) is 25.5 Å². The van der Waals surface area contributed by atoms with Gasteiger partial charge in [-0.3, -0.25) is 14.4 Å². The Morgan fingerprint density at radius 3 is 2.30 bits per heavy atom. The maximum Gasteiger partial charge on any atom is 0.313 e. The van der Waals surface area contributed by atoms with Crippen LogP contribution in [-0.4, -0.2) is 56.9 Å². The van der Waals surface area contributed by atoms with E-state index in [2.05, 4.69) is 21.2 Å². The predicted octanol–water partition coefficient (Wildman–Crippen LogP) is 4.23. The van der Waals surface area contributed by atoms with E-state index in [9.17, 15) is 22.8 Å². The SMILES string of the molecule is COc1ccc(S(=O)(=O)N(CCc2ccccc2)CC(=O)N/N=C\c2ccc(CNC(=O)C(=O)Nc3cc(Cl)cc(Cl)c3)o2)cc1. The molecular weight excluding hydrogens is 657 g/mol. The van der Waals surface area contributed by atoms with Gasteiger partial charge in [-0.25, -0.2) is 13.8 Å². The van der Waals surface area contributed by atoms with Crippen LogP contribution in [0.25, 0.3) is 0 Å². The van der Waals surface area contributed by atoms with Gasteiger partial charge in [0.15, 0.2) is 0 Å². The van der Waals surface area contributed by atoms with E-state index in [1.165, 1.54) is 61.9 Å². The normalized spacial score (nSPS) is 11.4.